The van der Waals surface area contributed by atoms with Gasteiger partial charge in [-0.05, 0) is 11.6 Å². The summed E-state index contributed by atoms with van der Waals surface area (Å²) in [7, 11) is 0. The molecule has 2 N–H and O–H groups in total. The number of nitrogens with zero attached hydrogens (tertiary/aromatic N) is 3. The average Bonchev–Trinajstić information content (AvgIpc) is 3.00. The standard InChI is InChI=1S/C16H14N4O3/c1-10-19-15(20-23-10)12-4-2-11(3-5-12)8-18-16(22)13-6-7-17-9-14(13)21/h2-7,9,21H,8H2,1H3,(H,18,22). The van der Waals surface area contributed by atoms with E-state index >= 15 is 0 Å². The predicted molar refractivity (Wildman–Crippen MR) is 81.5 cm³/mol. The van der Waals surface area contributed by atoms with Crippen molar-refractivity contribution < 1.29 is 14.4 Å². The third-order valence-electron chi connectivity index (χ3n) is 3.24. The molecule has 2 aromatic heterocycles. The summed E-state index contributed by atoms with van der Waals surface area (Å²) in [6.07, 6.45) is 2.69. The molecule has 0 saturated heterocycles. The summed E-state index contributed by atoms with van der Waals surface area (Å²) in [6, 6.07) is 8.92. The summed E-state index contributed by atoms with van der Waals surface area (Å²) >= 11 is 0. The number of carbonyl (C=O) groups excluding carboxylic acids is 1. The summed E-state index contributed by atoms with van der Waals surface area (Å²) in [6.45, 7) is 2.07. The van der Waals surface area contributed by atoms with E-state index in [1.54, 1.807) is 6.92 Å². The first kappa shape index (κ1) is 14.7. The van der Waals surface area contributed by atoms with E-state index in [-0.39, 0.29) is 17.2 Å². The van der Waals surface area contributed by atoms with Crippen LogP contribution in [0.3, 0.4) is 0 Å². The van der Waals surface area contributed by atoms with E-state index in [1.165, 1.54) is 18.5 Å². The lowest BCUT2D eigenvalue weighted by molar-refractivity contribution is 0.0948. The molecule has 3 rings (SSSR count). The molecule has 0 radical (unpaired) electrons. The molecule has 23 heavy (non-hydrogen) atoms. The Bertz CT molecular complexity index is 827. The van der Waals surface area contributed by atoms with Crippen LogP contribution < -0.4 is 5.32 Å². The number of carbonyl (C=O) groups is 1. The zero-order chi connectivity index (χ0) is 16.2. The van der Waals surface area contributed by atoms with Gasteiger partial charge in [-0.15, -0.1) is 0 Å². The topological polar surface area (TPSA) is 101 Å². The molecule has 7 nitrogen and oxygen atoms in total. The monoisotopic (exact) mass is 310 g/mol. The molecule has 0 unspecified atom stereocenters. The molecule has 0 fully saturated rings. The number of aryl methyl sites for hydroxylation is 1. The van der Waals surface area contributed by atoms with Crippen molar-refractivity contribution in [1.82, 2.24) is 20.4 Å². The number of aromatic nitrogens is 3. The van der Waals surface area contributed by atoms with Crippen molar-refractivity contribution in [1.29, 1.82) is 0 Å². The van der Waals surface area contributed by atoms with Gasteiger partial charge >= 0.3 is 0 Å². The number of aromatic hydroxyl groups is 1. The molecule has 0 aliphatic carbocycles. The fraction of sp³-hybridized carbons (Fsp3) is 0.125. The predicted octanol–water partition coefficient (Wildman–Crippen LogP) is 2.08. The third kappa shape index (κ3) is 3.34. The lowest BCUT2D eigenvalue weighted by Crippen LogP contribution is -2.22. The Labute approximate surface area is 132 Å². The van der Waals surface area contributed by atoms with Crippen molar-refractivity contribution in [3.8, 4) is 17.1 Å². The highest BCUT2D eigenvalue weighted by Crippen LogP contribution is 2.17. The van der Waals surface area contributed by atoms with Gasteiger partial charge in [-0.1, -0.05) is 29.4 Å². The molecule has 1 aromatic carbocycles. The van der Waals surface area contributed by atoms with Gasteiger partial charge in [0.05, 0.1) is 11.8 Å². The lowest BCUT2D eigenvalue weighted by atomic mass is 10.1. The number of hydrogen-bond donors (Lipinski definition) is 2. The van der Waals surface area contributed by atoms with Gasteiger partial charge in [0.25, 0.3) is 5.91 Å². The number of rotatable bonds is 4. The van der Waals surface area contributed by atoms with Gasteiger partial charge in [0.2, 0.25) is 11.7 Å². The molecule has 3 aromatic rings. The summed E-state index contributed by atoms with van der Waals surface area (Å²) in [5.74, 6) is 0.531. The van der Waals surface area contributed by atoms with Crippen molar-refractivity contribution in [3.05, 3.63) is 59.7 Å². The number of nitrogens with one attached hydrogen (secondary N) is 1. The van der Waals surface area contributed by atoms with Crippen molar-refractivity contribution in [2.75, 3.05) is 0 Å². The van der Waals surface area contributed by atoms with E-state index in [1.807, 2.05) is 24.3 Å². The van der Waals surface area contributed by atoms with E-state index in [2.05, 4.69) is 20.4 Å². The van der Waals surface area contributed by atoms with Gasteiger partial charge < -0.3 is 14.9 Å². The number of pyridine rings is 1. The minimum absolute atomic E-state index is 0.146. The molecule has 1 amide bonds. The summed E-state index contributed by atoms with van der Waals surface area (Å²) in [4.78, 5) is 19.9. The molecule has 116 valence electrons. The SMILES string of the molecule is Cc1nc(-c2ccc(CNC(=O)c3ccncc3O)cc2)no1. The Kier molecular flexibility index (Phi) is 4.01. The van der Waals surface area contributed by atoms with Gasteiger partial charge in [-0.25, -0.2) is 0 Å². The quantitative estimate of drug-likeness (QED) is 0.765. The smallest absolute Gasteiger partial charge is 0.255 e. The van der Waals surface area contributed by atoms with Gasteiger partial charge in [-0.3, -0.25) is 9.78 Å². The van der Waals surface area contributed by atoms with Gasteiger partial charge in [0.1, 0.15) is 5.75 Å². The average molecular weight is 310 g/mol. The normalized spacial score (nSPS) is 10.5. The molecule has 0 atom stereocenters. The molecule has 0 aliphatic rings. The van der Waals surface area contributed by atoms with Crippen LogP contribution in [0.25, 0.3) is 11.4 Å². The first-order valence-electron chi connectivity index (χ1n) is 6.94. The van der Waals surface area contributed by atoms with Gasteiger partial charge in [0, 0.05) is 25.2 Å². The summed E-state index contributed by atoms with van der Waals surface area (Å²) in [5.41, 5.74) is 1.94. The number of amides is 1. The van der Waals surface area contributed by atoms with Crippen LogP contribution in [-0.2, 0) is 6.54 Å². The van der Waals surface area contributed by atoms with Crippen LogP contribution >= 0.6 is 0 Å². The first-order valence-corrected chi connectivity index (χ1v) is 6.94. The minimum Gasteiger partial charge on any atom is -0.505 e. The van der Waals surface area contributed by atoms with Crippen LogP contribution in [-0.4, -0.2) is 26.1 Å². The van der Waals surface area contributed by atoms with E-state index in [0.717, 1.165) is 11.1 Å². The Morgan fingerprint density at radius 1 is 1.26 bits per heavy atom. The second-order valence-electron chi connectivity index (χ2n) is 4.91. The molecule has 0 aliphatic heterocycles. The molecule has 0 saturated carbocycles. The van der Waals surface area contributed by atoms with Crippen LogP contribution in [0.2, 0.25) is 0 Å². The van der Waals surface area contributed by atoms with E-state index in [0.29, 0.717) is 18.3 Å². The highest BCUT2D eigenvalue weighted by atomic mass is 16.5. The van der Waals surface area contributed by atoms with Crippen LogP contribution in [0, 0.1) is 6.92 Å². The second kappa shape index (κ2) is 6.27. The molecule has 0 spiro atoms. The molecule has 0 bridgehead atoms. The highest BCUT2D eigenvalue weighted by molar-refractivity contribution is 5.96. The van der Waals surface area contributed by atoms with Gasteiger partial charge in [-0.2, -0.15) is 4.98 Å². The molecular formula is C16H14N4O3. The van der Waals surface area contributed by atoms with Crippen LogP contribution in [0.15, 0.2) is 47.2 Å². The zero-order valence-electron chi connectivity index (χ0n) is 12.4. The fourth-order valence-corrected chi connectivity index (χ4v) is 2.04. The number of benzene rings is 1. The Morgan fingerprint density at radius 2 is 2.04 bits per heavy atom. The van der Waals surface area contributed by atoms with Crippen molar-refractivity contribution in [2.24, 2.45) is 0 Å². The van der Waals surface area contributed by atoms with Gasteiger partial charge in [0.15, 0.2) is 0 Å². The maximum absolute atomic E-state index is 12.0. The van der Waals surface area contributed by atoms with Crippen LogP contribution in [0.5, 0.6) is 5.75 Å². The number of hydrogen-bond acceptors (Lipinski definition) is 6. The van der Waals surface area contributed by atoms with Crippen molar-refractivity contribution in [3.63, 3.8) is 0 Å². The lowest BCUT2D eigenvalue weighted by Gasteiger charge is -2.07. The Balaban J connectivity index is 1.65. The zero-order valence-corrected chi connectivity index (χ0v) is 12.4. The second-order valence-corrected chi connectivity index (χ2v) is 4.91. The van der Waals surface area contributed by atoms with Crippen LogP contribution in [0.1, 0.15) is 21.8 Å². The largest absolute Gasteiger partial charge is 0.505 e. The van der Waals surface area contributed by atoms with E-state index in [4.69, 9.17) is 4.52 Å². The fourth-order valence-electron chi connectivity index (χ4n) is 2.04. The molecular weight excluding hydrogens is 296 g/mol. The maximum Gasteiger partial charge on any atom is 0.255 e. The first-order chi connectivity index (χ1) is 11.1. The molecule has 2 heterocycles. The van der Waals surface area contributed by atoms with E-state index in [9.17, 15) is 9.90 Å². The minimum atomic E-state index is -0.359. The summed E-state index contributed by atoms with van der Waals surface area (Å²) in [5, 5.41) is 16.2. The van der Waals surface area contributed by atoms with Crippen molar-refractivity contribution in [2.45, 2.75) is 13.5 Å². The highest BCUT2D eigenvalue weighted by Gasteiger charge is 2.10. The third-order valence-corrected chi connectivity index (χ3v) is 3.24. The van der Waals surface area contributed by atoms with Crippen LogP contribution in [0.4, 0.5) is 0 Å². The Morgan fingerprint density at radius 3 is 2.70 bits per heavy atom. The summed E-state index contributed by atoms with van der Waals surface area (Å²) < 4.78 is 4.94. The Hall–Kier alpha value is -3.22. The molecule has 7 heteroatoms. The maximum atomic E-state index is 12.0. The van der Waals surface area contributed by atoms with Crippen molar-refractivity contribution >= 4 is 5.91 Å². The van der Waals surface area contributed by atoms with E-state index < -0.39 is 0 Å².